The molecule has 5 nitrogen and oxygen atoms in total. The summed E-state index contributed by atoms with van der Waals surface area (Å²) >= 11 is 0. The Morgan fingerprint density at radius 3 is 2.73 bits per heavy atom. The van der Waals surface area contributed by atoms with E-state index in [2.05, 4.69) is 24.5 Å². The van der Waals surface area contributed by atoms with Crippen LogP contribution in [0.15, 0.2) is 24.3 Å². The third kappa shape index (κ3) is 6.45. The minimum atomic E-state index is -0.109. The molecule has 0 aromatic heterocycles. The van der Waals surface area contributed by atoms with Crippen molar-refractivity contribution in [2.45, 2.75) is 71.4 Å². The minimum absolute atomic E-state index is 0.0531. The van der Waals surface area contributed by atoms with Gasteiger partial charge in [-0.05, 0) is 43.4 Å². The average Bonchev–Trinajstić information content (AvgIpc) is 2.63. The fourth-order valence-electron chi connectivity index (χ4n) is 3.16. The fraction of sp³-hybridized carbons (Fsp3) is 0.619. The van der Waals surface area contributed by atoms with Crippen LogP contribution in [0.4, 0.5) is 5.69 Å². The Labute approximate surface area is 156 Å². The number of nitrogens with one attached hydrogen (secondary N) is 2. The van der Waals surface area contributed by atoms with Crippen molar-refractivity contribution in [3.63, 3.8) is 0 Å². The smallest absolute Gasteiger partial charge is 0.251 e. The third-order valence-electron chi connectivity index (χ3n) is 4.78. The summed E-state index contributed by atoms with van der Waals surface area (Å²) in [6.45, 7) is 6.92. The number of benzene rings is 1. The molecule has 144 valence electrons. The Morgan fingerprint density at radius 2 is 2.00 bits per heavy atom. The summed E-state index contributed by atoms with van der Waals surface area (Å²) in [7, 11) is 0. The summed E-state index contributed by atoms with van der Waals surface area (Å²) in [5.74, 6) is 0.447. The van der Waals surface area contributed by atoms with Crippen LogP contribution in [0.2, 0.25) is 0 Å². The van der Waals surface area contributed by atoms with Crippen LogP contribution in [0.5, 0.6) is 0 Å². The molecular weight excluding hydrogens is 328 g/mol. The highest BCUT2D eigenvalue weighted by Crippen LogP contribution is 2.22. The zero-order valence-corrected chi connectivity index (χ0v) is 16.2. The third-order valence-corrected chi connectivity index (χ3v) is 4.78. The SMILES string of the molecule is CCC(=O)Nc1cccc(C(=O)N[C@H]2CCCC[C@H]2OCCC(C)C)c1. The van der Waals surface area contributed by atoms with Crippen molar-refractivity contribution in [2.75, 3.05) is 11.9 Å². The fourth-order valence-corrected chi connectivity index (χ4v) is 3.16. The van der Waals surface area contributed by atoms with E-state index in [-0.39, 0.29) is 24.0 Å². The van der Waals surface area contributed by atoms with Gasteiger partial charge in [0.2, 0.25) is 5.91 Å². The van der Waals surface area contributed by atoms with Gasteiger partial charge in [-0.2, -0.15) is 0 Å². The molecule has 1 fully saturated rings. The molecule has 1 aromatic carbocycles. The van der Waals surface area contributed by atoms with Crippen LogP contribution < -0.4 is 10.6 Å². The highest BCUT2D eigenvalue weighted by molar-refractivity contribution is 5.97. The maximum Gasteiger partial charge on any atom is 0.251 e. The lowest BCUT2D eigenvalue weighted by Crippen LogP contribution is -2.46. The van der Waals surface area contributed by atoms with E-state index in [4.69, 9.17) is 4.74 Å². The van der Waals surface area contributed by atoms with Gasteiger partial charge >= 0.3 is 0 Å². The van der Waals surface area contributed by atoms with Gasteiger partial charge in [0.05, 0.1) is 12.1 Å². The van der Waals surface area contributed by atoms with Crippen LogP contribution in [-0.4, -0.2) is 30.6 Å². The van der Waals surface area contributed by atoms with E-state index in [1.165, 1.54) is 0 Å². The van der Waals surface area contributed by atoms with E-state index >= 15 is 0 Å². The van der Waals surface area contributed by atoms with Gasteiger partial charge in [-0.1, -0.05) is 39.7 Å². The highest BCUT2D eigenvalue weighted by Gasteiger charge is 2.27. The van der Waals surface area contributed by atoms with Crippen LogP contribution >= 0.6 is 0 Å². The lowest BCUT2D eigenvalue weighted by atomic mass is 9.92. The Kier molecular flexibility index (Phi) is 8.10. The number of carbonyl (C=O) groups excluding carboxylic acids is 2. The summed E-state index contributed by atoms with van der Waals surface area (Å²) in [6.07, 6.45) is 5.75. The van der Waals surface area contributed by atoms with Crippen molar-refractivity contribution in [1.29, 1.82) is 0 Å². The number of rotatable bonds is 8. The Hall–Kier alpha value is -1.88. The van der Waals surface area contributed by atoms with E-state index in [9.17, 15) is 9.59 Å². The summed E-state index contributed by atoms with van der Waals surface area (Å²) in [5, 5.41) is 5.94. The van der Waals surface area contributed by atoms with Gasteiger partial charge in [-0.3, -0.25) is 9.59 Å². The number of ether oxygens (including phenoxy) is 1. The Morgan fingerprint density at radius 1 is 1.23 bits per heavy atom. The summed E-state index contributed by atoms with van der Waals surface area (Å²) in [6, 6.07) is 7.13. The molecule has 0 aliphatic heterocycles. The monoisotopic (exact) mass is 360 g/mol. The number of hydrogen-bond donors (Lipinski definition) is 2. The molecule has 2 N–H and O–H groups in total. The number of carbonyl (C=O) groups is 2. The van der Waals surface area contributed by atoms with Crippen LogP contribution in [0.3, 0.4) is 0 Å². The number of amides is 2. The van der Waals surface area contributed by atoms with Crippen molar-refractivity contribution < 1.29 is 14.3 Å². The molecule has 0 saturated heterocycles. The van der Waals surface area contributed by atoms with E-state index in [0.29, 0.717) is 23.6 Å². The van der Waals surface area contributed by atoms with Crippen molar-refractivity contribution >= 4 is 17.5 Å². The molecule has 2 amide bonds. The molecule has 1 aromatic rings. The van der Waals surface area contributed by atoms with Gasteiger partial charge in [0.1, 0.15) is 0 Å². The van der Waals surface area contributed by atoms with E-state index in [1.54, 1.807) is 31.2 Å². The summed E-state index contributed by atoms with van der Waals surface area (Å²) in [5.41, 5.74) is 1.21. The van der Waals surface area contributed by atoms with E-state index in [0.717, 1.165) is 38.7 Å². The molecule has 5 heteroatoms. The first-order valence-electron chi connectivity index (χ1n) is 9.82. The first-order valence-corrected chi connectivity index (χ1v) is 9.82. The maximum atomic E-state index is 12.7. The second-order valence-corrected chi connectivity index (χ2v) is 7.44. The molecule has 0 bridgehead atoms. The second kappa shape index (κ2) is 10.3. The largest absolute Gasteiger partial charge is 0.376 e. The predicted molar refractivity (Wildman–Crippen MR) is 104 cm³/mol. The van der Waals surface area contributed by atoms with E-state index in [1.807, 2.05) is 0 Å². The number of hydrogen-bond acceptors (Lipinski definition) is 3. The second-order valence-electron chi connectivity index (χ2n) is 7.44. The van der Waals surface area contributed by atoms with Gasteiger partial charge in [0.15, 0.2) is 0 Å². The molecule has 1 aliphatic carbocycles. The van der Waals surface area contributed by atoms with Gasteiger partial charge in [-0.15, -0.1) is 0 Å². The molecule has 2 atom stereocenters. The molecule has 0 radical (unpaired) electrons. The van der Waals surface area contributed by atoms with Crippen LogP contribution in [-0.2, 0) is 9.53 Å². The summed E-state index contributed by atoms with van der Waals surface area (Å²) in [4.78, 5) is 24.2. The van der Waals surface area contributed by atoms with Gasteiger partial charge < -0.3 is 15.4 Å². The van der Waals surface area contributed by atoms with Crippen molar-refractivity contribution in [2.24, 2.45) is 5.92 Å². The maximum absolute atomic E-state index is 12.7. The van der Waals surface area contributed by atoms with Crippen LogP contribution in [0.1, 0.15) is 69.7 Å². The van der Waals surface area contributed by atoms with Gasteiger partial charge in [-0.25, -0.2) is 0 Å². The Balaban J connectivity index is 1.95. The molecule has 0 unspecified atom stereocenters. The Bertz CT molecular complexity index is 601. The minimum Gasteiger partial charge on any atom is -0.376 e. The predicted octanol–water partition coefficient (Wildman–Crippen LogP) is 4.14. The molecule has 0 spiro atoms. The summed E-state index contributed by atoms with van der Waals surface area (Å²) < 4.78 is 6.06. The topological polar surface area (TPSA) is 67.4 Å². The molecule has 1 saturated carbocycles. The zero-order valence-electron chi connectivity index (χ0n) is 16.2. The van der Waals surface area contributed by atoms with Crippen LogP contribution in [0.25, 0.3) is 0 Å². The molecule has 26 heavy (non-hydrogen) atoms. The van der Waals surface area contributed by atoms with Gasteiger partial charge in [0, 0.05) is 24.3 Å². The lowest BCUT2D eigenvalue weighted by molar-refractivity contribution is -0.115. The zero-order chi connectivity index (χ0) is 18.9. The quantitative estimate of drug-likeness (QED) is 0.732. The first kappa shape index (κ1) is 20.4. The highest BCUT2D eigenvalue weighted by atomic mass is 16.5. The number of anilines is 1. The lowest BCUT2D eigenvalue weighted by Gasteiger charge is -2.32. The average molecular weight is 360 g/mol. The molecule has 1 aliphatic rings. The van der Waals surface area contributed by atoms with Gasteiger partial charge in [0.25, 0.3) is 5.91 Å². The molecule has 0 heterocycles. The molecule has 2 rings (SSSR count). The first-order chi connectivity index (χ1) is 12.5. The standard InChI is InChI=1S/C21H32N2O3/c1-4-20(24)22-17-9-7-8-16(14-17)21(25)23-18-10-5-6-11-19(18)26-13-12-15(2)3/h7-9,14-15,18-19H,4-6,10-13H2,1-3H3,(H,22,24)(H,23,25)/t18-,19+/m0/s1. The van der Waals surface area contributed by atoms with Crippen molar-refractivity contribution in [1.82, 2.24) is 5.32 Å². The van der Waals surface area contributed by atoms with E-state index < -0.39 is 0 Å². The molecular formula is C21H32N2O3. The normalized spacial score (nSPS) is 20.0. The van der Waals surface area contributed by atoms with Crippen LogP contribution in [0, 0.1) is 5.92 Å². The van der Waals surface area contributed by atoms with Crippen molar-refractivity contribution in [3.05, 3.63) is 29.8 Å². The van der Waals surface area contributed by atoms with Crippen molar-refractivity contribution in [3.8, 4) is 0 Å².